The molecule has 1 amide bonds. The molecule has 1 aliphatic heterocycles. The van der Waals surface area contributed by atoms with Crippen molar-refractivity contribution < 1.29 is 13.9 Å². The molecule has 0 bridgehead atoms. The van der Waals surface area contributed by atoms with Gasteiger partial charge in [-0.05, 0) is 29.8 Å². The molecule has 1 N–H and O–H groups in total. The van der Waals surface area contributed by atoms with E-state index in [1.54, 1.807) is 25.3 Å². The third-order valence-electron chi connectivity index (χ3n) is 4.50. The van der Waals surface area contributed by atoms with Gasteiger partial charge >= 0.3 is 0 Å². The summed E-state index contributed by atoms with van der Waals surface area (Å²) in [5.41, 5.74) is 2.69. The molecule has 4 rings (SSSR count). The molecule has 0 saturated carbocycles. The molecule has 0 aliphatic carbocycles. The van der Waals surface area contributed by atoms with Crippen molar-refractivity contribution in [1.82, 2.24) is 19.7 Å². The van der Waals surface area contributed by atoms with E-state index in [0.29, 0.717) is 48.6 Å². The molecular formula is C20H20FN5O2. The Morgan fingerprint density at radius 1 is 1.36 bits per heavy atom. The van der Waals surface area contributed by atoms with Crippen molar-refractivity contribution in [2.45, 2.75) is 26.8 Å². The molecule has 28 heavy (non-hydrogen) atoms. The molecule has 8 heteroatoms. The second-order valence-corrected chi connectivity index (χ2v) is 6.82. The largest absolute Gasteiger partial charge is 0.477 e. The van der Waals surface area contributed by atoms with Crippen molar-refractivity contribution in [2.24, 2.45) is 5.92 Å². The van der Waals surface area contributed by atoms with E-state index >= 15 is 0 Å². The van der Waals surface area contributed by atoms with E-state index in [4.69, 9.17) is 4.74 Å². The predicted octanol–water partition coefficient (Wildman–Crippen LogP) is 3.52. The van der Waals surface area contributed by atoms with E-state index in [-0.39, 0.29) is 5.91 Å². The second-order valence-electron chi connectivity index (χ2n) is 6.82. The summed E-state index contributed by atoms with van der Waals surface area (Å²) in [6.07, 6.45) is 3.15. The monoisotopic (exact) mass is 381 g/mol. The number of hydrogen-bond donors (Lipinski definition) is 1. The number of hydrogen-bond acceptors (Lipinski definition) is 5. The molecule has 0 saturated heterocycles. The zero-order valence-electron chi connectivity index (χ0n) is 15.6. The first-order valence-corrected chi connectivity index (χ1v) is 9.17. The Kier molecular flexibility index (Phi) is 4.77. The van der Waals surface area contributed by atoms with Crippen LogP contribution in [0.1, 0.15) is 20.3 Å². The maximum atomic E-state index is 13.4. The van der Waals surface area contributed by atoms with Gasteiger partial charge in [-0.15, -0.1) is 0 Å². The maximum absolute atomic E-state index is 13.4. The topological polar surface area (TPSA) is 81.9 Å². The highest BCUT2D eigenvalue weighted by Gasteiger charge is 2.27. The lowest BCUT2D eigenvalue weighted by atomic mass is 10.0. The number of amides is 1. The normalized spacial score (nSPS) is 15.6. The summed E-state index contributed by atoms with van der Waals surface area (Å²) >= 11 is 0. The Balaban J connectivity index is 1.84. The van der Waals surface area contributed by atoms with Gasteiger partial charge in [0.1, 0.15) is 17.3 Å². The van der Waals surface area contributed by atoms with E-state index < -0.39 is 5.82 Å². The minimum absolute atomic E-state index is 0.118. The van der Waals surface area contributed by atoms with Crippen LogP contribution in [0.25, 0.3) is 22.5 Å². The van der Waals surface area contributed by atoms with E-state index in [1.165, 1.54) is 12.3 Å². The van der Waals surface area contributed by atoms with Crippen LogP contribution in [0.2, 0.25) is 0 Å². The van der Waals surface area contributed by atoms with Crippen molar-refractivity contribution in [3.63, 3.8) is 0 Å². The van der Waals surface area contributed by atoms with Crippen LogP contribution < -0.4 is 10.1 Å². The summed E-state index contributed by atoms with van der Waals surface area (Å²) < 4.78 is 21.1. The van der Waals surface area contributed by atoms with Gasteiger partial charge in [-0.1, -0.05) is 13.8 Å². The Hall–Kier alpha value is -3.29. The number of pyridine rings is 2. The fourth-order valence-electron chi connectivity index (χ4n) is 3.13. The van der Waals surface area contributed by atoms with Crippen molar-refractivity contribution in [3.05, 3.63) is 42.5 Å². The molecule has 1 atom stereocenters. The first-order valence-electron chi connectivity index (χ1n) is 9.17. The maximum Gasteiger partial charge on any atom is 0.225 e. The molecule has 3 aromatic heterocycles. The average Bonchev–Trinajstić information content (AvgIpc) is 3.07. The molecule has 0 fully saturated rings. The fraction of sp³-hybridized carbons (Fsp3) is 0.300. The molecule has 144 valence electrons. The van der Waals surface area contributed by atoms with Gasteiger partial charge < -0.3 is 10.1 Å². The summed E-state index contributed by atoms with van der Waals surface area (Å²) in [5.74, 6) is 0.885. The number of halogens is 1. The molecule has 3 aromatic rings. The number of carbonyl (C=O) groups is 1. The van der Waals surface area contributed by atoms with Crippen LogP contribution in [0.5, 0.6) is 5.88 Å². The van der Waals surface area contributed by atoms with Crippen molar-refractivity contribution in [1.29, 1.82) is 0 Å². The molecule has 0 aromatic carbocycles. The lowest BCUT2D eigenvalue weighted by Gasteiger charge is -2.21. The number of nitrogens with one attached hydrogen (secondary N) is 1. The van der Waals surface area contributed by atoms with Gasteiger partial charge in [0.05, 0.1) is 30.6 Å². The molecule has 7 nitrogen and oxygen atoms in total. The SMILES string of the molecule is CCC(=O)Nc1cc(-c2c(-c3ccc(F)cn3)nn3c2OCC(C)C3)ccn1. The number of aromatic nitrogens is 4. The minimum atomic E-state index is -0.410. The number of nitrogens with zero attached hydrogens (tertiary/aromatic N) is 4. The number of fused-ring (bicyclic) bond motifs is 1. The summed E-state index contributed by atoms with van der Waals surface area (Å²) in [6, 6.07) is 6.55. The first-order chi connectivity index (χ1) is 13.5. The van der Waals surface area contributed by atoms with Gasteiger partial charge in [0.15, 0.2) is 0 Å². The van der Waals surface area contributed by atoms with Gasteiger partial charge in [0.2, 0.25) is 11.8 Å². The quantitative estimate of drug-likeness (QED) is 0.748. The van der Waals surface area contributed by atoms with Crippen LogP contribution in [0, 0.1) is 11.7 Å². The van der Waals surface area contributed by atoms with Crippen LogP contribution >= 0.6 is 0 Å². The third kappa shape index (κ3) is 3.45. The van der Waals surface area contributed by atoms with Crippen LogP contribution in [-0.4, -0.2) is 32.3 Å². The van der Waals surface area contributed by atoms with E-state index in [0.717, 1.165) is 11.1 Å². The summed E-state index contributed by atoms with van der Waals surface area (Å²) in [5, 5.41) is 7.45. The van der Waals surface area contributed by atoms with Gasteiger partial charge in [-0.3, -0.25) is 9.78 Å². The zero-order valence-corrected chi connectivity index (χ0v) is 15.6. The summed E-state index contributed by atoms with van der Waals surface area (Å²) in [4.78, 5) is 20.1. The molecule has 1 unspecified atom stereocenters. The van der Waals surface area contributed by atoms with E-state index in [1.807, 2.05) is 10.7 Å². The van der Waals surface area contributed by atoms with Gasteiger partial charge in [0, 0.05) is 18.5 Å². The summed E-state index contributed by atoms with van der Waals surface area (Å²) in [7, 11) is 0. The van der Waals surface area contributed by atoms with Gasteiger partial charge in [-0.25, -0.2) is 14.1 Å². The molecule has 4 heterocycles. The average molecular weight is 381 g/mol. The first kappa shape index (κ1) is 18.1. The smallest absolute Gasteiger partial charge is 0.225 e. The Labute approximate surface area is 161 Å². The molecule has 0 spiro atoms. The number of rotatable bonds is 4. The Morgan fingerprint density at radius 2 is 2.21 bits per heavy atom. The van der Waals surface area contributed by atoms with Crippen LogP contribution in [0.3, 0.4) is 0 Å². The van der Waals surface area contributed by atoms with E-state index in [2.05, 4.69) is 27.3 Å². The minimum Gasteiger partial charge on any atom is -0.477 e. The number of ether oxygens (including phenoxy) is 1. The number of anilines is 1. The third-order valence-corrected chi connectivity index (χ3v) is 4.50. The van der Waals surface area contributed by atoms with Crippen molar-refractivity contribution >= 4 is 11.7 Å². The standard InChI is InChI=1S/C20H20FN5O2/c1-3-17(27)24-16-8-13(6-7-22-16)18-19(15-5-4-14(21)9-23-15)25-26-10-12(2)11-28-20(18)26/h4-9,12H,3,10-11H2,1-2H3,(H,22,24,27). The highest BCUT2D eigenvalue weighted by Crippen LogP contribution is 2.41. The van der Waals surface area contributed by atoms with Crippen LogP contribution in [-0.2, 0) is 11.3 Å². The highest BCUT2D eigenvalue weighted by atomic mass is 19.1. The molecular weight excluding hydrogens is 361 g/mol. The highest BCUT2D eigenvalue weighted by molar-refractivity contribution is 5.91. The predicted molar refractivity (Wildman–Crippen MR) is 102 cm³/mol. The second kappa shape index (κ2) is 7.38. The number of carbonyl (C=O) groups excluding carboxylic acids is 1. The molecule has 1 aliphatic rings. The lowest BCUT2D eigenvalue weighted by molar-refractivity contribution is -0.115. The van der Waals surface area contributed by atoms with Crippen molar-refractivity contribution in [2.75, 3.05) is 11.9 Å². The zero-order chi connectivity index (χ0) is 19.7. The van der Waals surface area contributed by atoms with E-state index in [9.17, 15) is 9.18 Å². The van der Waals surface area contributed by atoms with Crippen LogP contribution in [0.15, 0.2) is 36.7 Å². The molecule has 0 radical (unpaired) electrons. The summed E-state index contributed by atoms with van der Waals surface area (Å²) in [6.45, 7) is 5.17. The van der Waals surface area contributed by atoms with Crippen LogP contribution in [0.4, 0.5) is 10.2 Å². The fourth-order valence-corrected chi connectivity index (χ4v) is 3.13. The Morgan fingerprint density at radius 3 is 2.96 bits per heavy atom. The van der Waals surface area contributed by atoms with Gasteiger partial charge in [-0.2, -0.15) is 5.10 Å². The van der Waals surface area contributed by atoms with Gasteiger partial charge in [0.25, 0.3) is 0 Å². The van der Waals surface area contributed by atoms with Crippen molar-refractivity contribution in [3.8, 4) is 28.4 Å². The lowest BCUT2D eigenvalue weighted by Crippen LogP contribution is -2.23. The Bertz CT molecular complexity index is 1020.